The Balaban J connectivity index is 1.22. The van der Waals surface area contributed by atoms with Gasteiger partial charge in [0.05, 0.1) is 11.0 Å². The number of nitrogens with zero attached hydrogens (tertiary/aromatic N) is 6. The van der Waals surface area contributed by atoms with Crippen molar-refractivity contribution in [1.29, 1.82) is 0 Å². The lowest BCUT2D eigenvalue weighted by Crippen LogP contribution is -2.62. The van der Waals surface area contributed by atoms with E-state index in [0.29, 0.717) is 21.8 Å². The number of cyclic esters (lactones) is 2. The second kappa shape index (κ2) is 23.1. The molecule has 2 spiro atoms. The summed E-state index contributed by atoms with van der Waals surface area (Å²) in [5, 5.41) is 33.0. The first-order valence-corrected chi connectivity index (χ1v) is 29.1. The molecule has 14 atom stereocenters. The Bertz CT molecular complexity index is 3350. The van der Waals surface area contributed by atoms with E-state index in [4.69, 9.17) is 9.47 Å². The average molecular weight is 1170 g/mol. The predicted molar refractivity (Wildman–Crippen MR) is 298 cm³/mol. The van der Waals surface area contributed by atoms with Crippen LogP contribution in [0.1, 0.15) is 75.4 Å². The minimum atomic E-state index is -2.11. The highest BCUT2D eigenvalue weighted by atomic mass is 32.2. The van der Waals surface area contributed by atoms with Crippen molar-refractivity contribution < 1.29 is 71.8 Å². The molecule has 6 N–H and O–H groups in total. The fourth-order valence-electron chi connectivity index (χ4n) is 10.8. The van der Waals surface area contributed by atoms with Gasteiger partial charge in [0.25, 0.3) is 11.8 Å². The second-order valence-corrected chi connectivity index (χ2v) is 24.6. The van der Waals surface area contributed by atoms with Gasteiger partial charge in [0.15, 0.2) is 11.4 Å². The smallest absolute Gasteiger partial charge is 0.332 e. The number of ether oxygens (including phenoxy) is 2. The topological polar surface area (TPSA) is 334 Å². The van der Waals surface area contributed by atoms with Crippen molar-refractivity contribution in [3.8, 4) is 11.5 Å². The minimum absolute atomic E-state index is 0.0131. The zero-order valence-electron chi connectivity index (χ0n) is 46.9. The molecule has 2 aromatic carbocycles. The molecule has 2 aliphatic heterocycles. The number of aromatic hydroxyl groups is 2. The first kappa shape index (κ1) is 60.2. The summed E-state index contributed by atoms with van der Waals surface area (Å²) in [6.07, 6.45) is -1.90. The fourth-order valence-corrected chi connectivity index (χ4v) is 13.7. The van der Waals surface area contributed by atoms with Crippen LogP contribution in [0.3, 0.4) is 0 Å². The second-order valence-electron chi connectivity index (χ2n) is 21.6. The standard InChI is InChI=1S/C55H66N10O15S2/c1-25-22-54(25)52(76)79-29(5)39(61-46(71)41-37(67)21-32-17-13-15-19-34(32)59-41)44(69)57-28(4)48(73)63(8)42-50(75)65(10)55(23-26(55)2)53(77)80-30(6)38(60-45(70)40-36(66)20-31-16-12-14-18-33(31)58-40)43(68)56-27(3)47(72)62(7)35(49(74)64(54)9)24-81-51(42)82(11)78/h12-21,25-30,35,38-39,42,51,66-67H,22-24H2,1-11H3,(H,56,68)(H,57,69)(H,60,70)(H,61,71). The Morgan fingerprint density at radius 1 is 0.634 bits per heavy atom. The van der Waals surface area contributed by atoms with Crippen LogP contribution in [0, 0.1) is 11.8 Å². The number of rotatable bonds is 5. The summed E-state index contributed by atoms with van der Waals surface area (Å²) >= 11 is 0.773. The van der Waals surface area contributed by atoms with Crippen LogP contribution in [0.2, 0.25) is 0 Å². The Hall–Kier alpha value is -7.94. The molecular formula is C55H66N10O15S2. The lowest BCUT2D eigenvalue weighted by Gasteiger charge is -2.39. The molecule has 2 aromatic heterocycles. The molecule has 82 heavy (non-hydrogen) atoms. The molecule has 2 saturated carbocycles. The molecule has 4 fully saturated rings. The number of carbonyl (C=O) groups is 10. The van der Waals surface area contributed by atoms with Crippen LogP contribution in [-0.2, 0) is 58.6 Å². The molecule has 4 heterocycles. The normalized spacial score (nSPS) is 31.3. The van der Waals surface area contributed by atoms with Gasteiger partial charge in [-0.3, -0.25) is 42.6 Å². The highest BCUT2D eigenvalue weighted by Crippen LogP contribution is 2.51. The number of nitrogens with one attached hydrogen (secondary N) is 4. The number of amides is 8. The molecule has 8 rings (SSSR count). The lowest BCUT2D eigenvalue weighted by molar-refractivity contribution is -0.165. The molecule has 4 aliphatic rings. The summed E-state index contributed by atoms with van der Waals surface area (Å²) in [6.45, 7) is 8.42. The first-order chi connectivity index (χ1) is 38.6. The van der Waals surface area contributed by atoms with Gasteiger partial charge in [0.1, 0.15) is 75.6 Å². The molecule has 2 aliphatic carbocycles. The number of likely N-dealkylation sites (N-methyl/N-ethyl adjacent to an activating group) is 4. The largest absolute Gasteiger partial charge is 0.505 e. The Labute approximate surface area is 478 Å². The van der Waals surface area contributed by atoms with E-state index in [1.807, 2.05) is 0 Å². The van der Waals surface area contributed by atoms with E-state index in [0.717, 1.165) is 31.4 Å². The van der Waals surface area contributed by atoms with Crippen LogP contribution < -0.4 is 21.3 Å². The highest BCUT2D eigenvalue weighted by Gasteiger charge is 2.66. The van der Waals surface area contributed by atoms with E-state index in [-0.39, 0.29) is 12.8 Å². The number of hydrogen-bond acceptors (Lipinski definition) is 18. The van der Waals surface area contributed by atoms with Gasteiger partial charge in [-0.15, -0.1) is 11.8 Å². The number of carbonyl (C=O) groups excluding carboxylic acids is 10. The zero-order valence-corrected chi connectivity index (χ0v) is 48.6. The van der Waals surface area contributed by atoms with Crippen LogP contribution in [-0.4, -0.2) is 208 Å². The first-order valence-electron chi connectivity index (χ1n) is 26.4. The van der Waals surface area contributed by atoms with Gasteiger partial charge in [0, 0.05) is 61.8 Å². The van der Waals surface area contributed by atoms with Gasteiger partial charge in [-0.2, -0.15) is 0 Å². The van der Waals surface area contributed by atoms with Gasteiger partial charge in [-0.25, -0.2) is 19.6 Å². The van der Waals surface area contributed by atoms with Gasteiger partial charge in [0.2, 0.25) is 35.4 Å². The number of benzene rings is 2. The van der Waals surface area contributed by atoms with E-state index in [2.05, 4.69) is 31.2 Å². The number of esters is 2. The monoisotopic (exact) mass is 1170 g/mol. The number of aromatic nitrogens is 2. The third-order valence-electron chi connectivity index (χ3n) is 16.2. The van der Waals surface area contributed by atoms with E-state index < -0.39 is 175 Å². The lowest BCUT2D eigenvalue weighted by atomic mass is 10.1. The number of thioether (sulfide) groups is 1. The molecule has 4 aromatic rings. The fraction of sp³-hybridized carbons (Fsp3) is 0.491. The molecule has 27 heteroatoms. The van der Waals surface area contributed by atoms with Crippen LogP contribution in [0.5, 0.6) is 11.5 Å². The van der Waals surface area contributed by atoms with Crippen molar-refractivity contribution in [3.05, 3.63) is 72.1 Å². The SMILES string of the molecule is CC1NC(=O)C(NC(=O)c2nc3ccccc3cc2O)C(C)OC(=O)C2(CC2C)N(C)C(=O)C2C(S(C)=O)SCC(C(=O)N(C)C3(CC3C)C(=O)OC(C)C(NC(=O)c3nc4ccccc4cc3O)C(=O)NC(C)C(=O)N2C)N(C)C1=O. The van der Waals surface area contributed by atoms with Gasteiger partial charge in [-0.05, 0) is 76.6 Å². The molecule has 2 saturated heterocycles. The van der Waals surface area contributed by atoms with Gasteiger partial charge < -0.3 is 60.6 Å². The van der Waals surface area contributed by atoms with Crippen molar-refractivity contribution in [2.24, 2.45) is 11.8 Å². The van der Waals surface area contributed by atoms with E-state index in [1.54, 1.807) is 62.4 Å². The summed E-state index contributed by atoms with van der Waals surface area (Å²) in [5.41, 5.74) is -3.90. The van der Waals surface area contributed by atoms with E-state index >= 15 is 9.59 Å². The Morgan fingerprint density at radius 2 is 1.02 bits per heavy atom. The van der Waals surface area contributed by atoms with Crippen molar-refractivity contribution in [3.63, 3.8) is 0 Å². The maximum atomic E-state index is 15.5. The molecule has 8 amide bonds. The Morgan fingerprint density at radius 3 is 1.43 bits per heavy atom. The van der Waals surface area contributed by atoms with Crippen molar-refractivity contribution >= 4 is 104 Å². The van der Waals surface area contributed by atoms with Crippen molar-refractivity contribution in [2.75, 3.05) is 40.2 Å². The number of pyridine rings is 2. The molecule has 25 nitrogen and oxygen atoms in total. The Kier molecular flexibility index (Phi) is 17.0. The van der Waals surface area contributed by atoms with Crippen molar-refractivity contribution in [1.82, 2.24) is 50.8 Å². The number of hydrogen-bond donors (Lipinski definition) is 6. The minimum Gasteiger partial charge on any atom is -0.505 e. The summed E-state index contributed by atoms with van der Waals surface area (Å²) in [7, 11) is 2.93. The van der Waals surface area contributed by atoms with E-state index in [1.165, 1.54) is 74.3 Å². The van der Waals surface area contributed by atoms with Crippen LogP contribution in [0.15, 0.2) is 60.7 Å². The van der Waals surface area contributed by atoms with Crippen LogP contribution >= 0.6 is 11.8 Å². The number of para-hydroxylation sites is 2. The van der Waals surface area contributed by atoms with Gasteiger partial charge >= 0.3 is 11.9 Å². The summed E-state index contributed by atoms with van der Waals surface area (Å²) in [6, 6.07) is 5.69. The summed E-state index contributed by atoms with van der Waals surface area (Å²) < 4.78 is 24.8. The average Bonchev–Trinajstić information content (AvgIpc) is 2.08. The molecule has 2 bridgehead atoms. The number of fused-ring (bicyclic) bond motifs is 6. The van der Waals surface area contributed by atoms with Crippen LogP contribution in [0.25, 0.3) is 21.8 Å². The summed E-state index contributed by atoms with van der Waals surface area (Å²) in [5.74, 6) is -12.8. The third kappa shape index (κ3) is 11.1. The highest BCUT2D eigenvalue weighted by molar-refractivity contribution is 8.11. The third-order valence-corrected chi connectivity index (χ3v) is 19.4. The van der Waals surface area contributed by atoms with E-state index in [9.17, 15) is 52.8 Å². The zero-order chi connectivity index (χ0) is 60.2. The molecule has 0 radical (unpaired) electrons. The molecule has 14 unspecified atom stereocenters. The molecular weight excluding hydrogens is 1100 g/mol. The van der Waals surface area contributed by atoms with Gasteiger partial charge in [-0.1, -0.05) is 50.2 Å². The predicted octanol–water partition coefficient (Wildman–Crippen LogP) is 0.557. The van der Waals surface area contributed by atoms with Crippen LogP contribution in [0.4, 0.5) is 0 Å². The van der Waals surface area contributed by atoms with Crippen molar-refractivity contribution in [2.45, 2.75) is 119 Å². The summed E-state index contributed by atoms with van der Waals surface area (Å²) in [4.78, 5) is 160. The quantitative estimate of drug-likeness (QED) is 0.149. The maximum Gasteiger partial charge on any atom is 0.332 e. The molecule has 438 valence electrons. The maximum absolute atomic E-state index is 15.5.